The molecule has 0 spiro atoms. The first-order valence-corrected chi connectivity index (χ1v) is 13.6. The lowest BCUT2D eigenvalue weighted by molar-refractivity contribution is -0.260. The number of morpholine rings is 1. The van der Waals surface area contributed by atoms with Crippen LogP contribution in [0, 0.1) is 0 Å². The number of phenols is 2. The van der Waals surface area contributed by atoms with E-state index in [-0.39, 0.29) is 58.7 Å². The number of phenolic OH excluding ortho intramolecular Hbond substituents is 2. The monoisotopic (exact) mass is 555 g/mol. The number of aliphatic hydroxyl groups is 3. The van der Waals surface area contributed by atoms with Crippen LogP contribution in [0.15, 0.2) is 24.3 Å². The topological polar surface area (TPSA) is 166 Å². The predicted molar refractivity (Wildman–Crippen MR) is 138 cm³/mol. The van der Waals surface area contributed by atoms with E-state index in [1.54, 1.807) is 12.1 Å². The van der Waals surface area contributed by atoms with Gasteiger partial charge in [-0.3, -0.25) is 14.5 Å². The zero-order chi connectivity index (χ0) is 28.3. The second-order valence-corrected chi connectivity index (χ2v) is 11.1. The first-order valence-electron chi connectivity index (χ1n) is 13.6. The third-order valence-corrected chi connectivity index (χ3v) is 8.61. The molecular formula is C29H33NO10. The number of carbonyl (C=O) groups is 2. The number of benzene rings is 2. The average molecular weight is 556 g/mol. The number of rotatable bonds is 4. The molecule has 11 nitrogen and oxygen atoms in total. The number of ketones is 2. The van der Waals surface area contributed by atoms with Crippen molar-refractivity contribution in [1.82, 2.24) is 4.90 Å². The summed E-state index contributed by atoms with van der Waals surface area (Å²) >= 11 is 0. The summed E-state index contributed by atoms with van der Waals surface area (Å²) in [4.78, 5) is 28.9. The minimum absolute atomic E-state index is 0.0141. The smallest absolute Gasteiger partial charge is 0.198 e. The van der Waals surface area contributed by atoms with Crippen LogP contribution >= 0.6 is 0 Å². The molecule has 6 atom stereocenters. The summed E-state index contributed by atoms with van der Waals surface area (Å²) in [7, 11) is 0. The van der Waals surface area contributed by atoms with Gasteiger partial charge in [-0.2, -0.15) is 0 Å². The molecule has 11 heteroatoms. The van der Waals surface area contributed by atoms with Crippen molar-refractivity contribution in [2.24, 2.45) is 0 Å². The highest BCUT2D eigenvalue weighted by Gasteiger charge is 2.48. The van der Waals surface area contributed by atoms with E-state index < -0.39 is 59.9 Å². The number of fused-ring (bicyclic) bond motifs is 3. The maximum atomic E-state index is 13.4. The first kappa shape index (κ1) is 27.3. The minimum Gasteiger partial charge on any atom is -0.507 e. The molecule has 2 aromatic carbocycles. The molecule has 5 N–H and O–H groups in total. The summed E-state index contributed by atoms with van der Waals surface area (Å²) in [6.07, 6.45) is -3.66. The zero-order valence-electron chi connectivity index (χ0n) is 22.1. The lowest BCUT2D eigenvalue weighted by atomic mass is 9.73. The fourth-order valence-electron chi connectivity index (χ4n) is 6.71. The normalized spacial score (nSPS) is 32.4. The molecule has 0 bridgehead atoms. The molecule has 4 aliphatic rings. The van der Waals surface area contributed by atoms with Gasteiger partial charge in [-0.1, -0.05) is 24.3 Å². The second-order valence-electron chi connectivity index (χ2n) is 11.1. The molecule has 0 unspecified atom stereocenters. The van der Waals surface area contributed by atoms with Crippen molar-refractivity contribution in [2.75, 3.05) is 32.9 Å². The summed E-state index contributed by atoms with van der Waals surface area (Å²) < 4.78 is 17.8. The molecule has 2 aliphatic heterocycles. The Bertz CT molecular complexity index is 1340. The van der Waals surface area contributed by atoms with Crippen LogP contribution in [-0.2, 0) is 20.6 Å². The summed E-state index contributed by atoms with van der Waals surface area (Å²) in [5.74, 6) is -2.30. The Hall–Kier alpha value is -2.90. The summed E-state index contributed by atoms with van der Waals surface area (Å²) in [6, 6.07) is 5.89. The number of aromatic hydroxyl groups is 2. The summed E-state index contributed by atoms with van der Waals surface area (Å²) in [5, 5.41) is 55.0. The number of hydrogen-bond donors (Lipinski definition) is 5. The van der Waals surface area contributed by atoms with Gasteiger partial charge in [0, 0.05) is 54.6 Å². The fourth-order valence-corrected chi connectivity index (χ4v) is 6.71. The molecule has 0 aromatic heterocycles. The molecule has 2 heterocycles. The highest BCUT2D eigenvalue weighted by molar-refractivity contribution is 6.30. The minimum atomic E-state index is -1.75. The van der Waals surface area contributed by atoms with Crippen LogP contribution < -0.4 is 0 Å². The molecule has 0 amide bonds. The van der Waals surface area contributed by atoms with E-state index in [4.69, 9.17) is 14.2 Å². The molecule has 214 valence electrons. The van der Waals surface area contributed by atoms with Crippen LogP contribution in [0.25, 0.3) is 0 Å². The van der Waals surface area contributed by atoms with Crippen molar-refractivity contribution in [2.45, 2.75) is 62.4 Å². The van der Waals surface area contributed by atoms with Gasteiger partial charge in [0.1, 0.15) is 11.5 Å². The molecule has 2 aliphatic carbocycles. The molecule has 0 radical (unpaired) electrons. The van der Waals surface area contributed by atoms with E-state index >= 15 is 0 Å². The van der Waals surface area contributed by atoms with Crippen LogP contribution in [0.5, 0.6) is 11.5 Å². The fraction of sp³-hybridized carbons (Fsp3) is 0.517. The highest BCUT2D eigenvalue weighted by atomic mass is 16.7. The van der Waals surface area contributed by atoms with Gasteiger partial charge >= 0.3 is 0 Å². The standard InChI is InChI=1S/C29H33NO10/c1-14-24(30-6-8-38-9-7-30)18(32)10-20(39-14)40-19-12-29(37,13-31)11-17-21(19)28(36)23-22(27(17)35)25(33)15-4-2-3-5-16(15)26(23)34/h2-5,14,18-20,24,31-32,35-37H,6-13H2,1H3/t14-,18-,19-,20-,24+,29-/m0/s1. The molecule has 40 heavy (non-hydrogen) atoms. The van der Waals surface area contributed by atoms with E-state index in [0.29, 0.717) is 26.3 Å². The Labute approximate surface area is 230 Å². The van der Waals surface area contributed by atoms with Crippen molar-refractivity contribution in [3.8, 4) is 11.5 Å². The van der Waals surface area contributed by atoms with Gasteiger partial charge in [0.05, 0.1) is 60.9 Å². The Morgan fingerprint density at radius 1 is 1.05 bits per heavy atom. The number of ether oxygens (including phenoxy) is 3. The Morgan fingerprint density at radius 2 is 1.68 bits per heavy atom. The van der Waals surface area contributed by atoms with Gasteiger partial charge in [-0.25, -0.2) is 0 Å². The van der Waals surface area contributed by atoms with Crippen LogP contribution in [-0.4, -0.2) is 105 Å². The van der Waals surface area contributed by atoms with E-state index in [1.165, 1.54) is 12.1 Å². The van der Waals surface area contributed by atoms with Crippen LogP contribution in [0.3, 0.4) is 0 Å². The summed E-state index contributed by atoms with van der Waals surface area (Å²) in [5.41, 5.74) is -2.14. The number of carbonyl (C=O) groups excluding carboxylic acids is 2. The van der Waals surface area contributed by atoms with Crippen LogP contribution in [0.2, 0.25) is 0 Å². The lowest BCUT2D eigenvalue weighted by Crippen LogP contribution is -2.59. The number of aliphatic hydroxyl groups excluding tert-OH is 2. The third kappa shape index (κ3) is 4.33. The maximum Gasteiger partial charge on any atom is 0.198 e. The SMILES string of the molecule is C[C@@H]1O[C@@H](O[C@H]2C[C@](O)(CO)Cc3c(O)c4c(c(O)c32)C(=O)c2ccccc2C4=O)C[C@H](O)[C@@H]1N1CCOCC1. The van der Waals surface area contributed by atoms with E-state index in [2.05, 4.69) is 4.90 Å². The molecule has 2 fully saturated rings. The van der Waals surface area contributed by atoms with Crippen LogP contribution in [0.1, 0.15) is 68.8 Å². The van der Waals surface area contributed by atoms with Gasteiger partial charge in [-0.15, -0.1) is 0 Å². The van der Waals surface area contributed by atoms with Gasteiger partial charge in [0.2, 0.25) is 0 Å². The Kier molecular flexibility index (Phi) is 6.94. The van der Waals surface area contributed by atoms with Crippen LogP contribution in [0.4, 0.5) is 0 Å². The van der Waals surface area contributed by atoms with Crippen molar-refractivity contribution in [1.29, 1.82) is 0 Å². The Balaban J connectivity index is 1.37. The van der Waals surface area contributed by atoms with E-state index in [0.717, 1.165) is 0 Å². The number of hydrogen-bond acceptors (Lipinski definition) is 11. The molecule has 2 saturated heterocycles. The first-order chi connectivity index (χ1) is 19.1. The molecular weight excluding hydrogens is 522 g/mol. The van der Waals surface area contributed by atoms with Crippen molar-refractivity contribution >= 4 is 11.6 Å². The molecule has 0 saturated carbocycles. The lowest BCUT2D eigenvalue weighted by Gasteiger charge is -2.46. The third-order valence-electron chi connectivity index (χ3n) is 8.61. The van der Waals surface area contributed by atoms with Gasteiger partial charge in [0.15, 0.2) is 17.9 Å². The zero-order valence-corrected chi connectivity index (χ0v) is 22.1. The van der Waals surface area contributed by atoms with Crippen molar-refractivity contribution < 1.29 is 49.3 Å². The number of nitrogens with zero attached hydrogens (tertiary/aromatic N) is 1. The summed E-state index contributed by atoms with van der Waals surface area (Å²) in [6.45, 7) is 3.60. The van der Waals surface area contributed by atoms with E-state index in [9.17, 15) is 35.1 Å². The van der Waals surface area contributed by atoms with Gasteiger partial charge < -0.3 is 39.7 Å². The van der Waals surface area contributed by atoms with Crippen molar-refractivity contribution in [3.63, 3.8) is 0 Å². The van der Waals surface area contributed by atoms with Crippen molar-refractivity contribution in [3.05, 3.63) is 57.6 Å². The van der Waals surface area contributed by atoms with Gasteiger partial charge in [0.25, 0.3) is 0 Å². The molecule has 6 rings (SSSR count). The maximum absolute atomic E-state index is 13.4. The predicted octanol–water partition coefficient (Wildman–Crippen LogP) is 0.797. The quantitative estimate of drug-likeness (QED) is 0.289. The molecule has 2 aromatic rings. The van der Waals surface area contributed by atoms with Gasteiger partial charge in [-0.05, 0) is 6.92 Å². The second kappa shape index (κ2) is 10.2. The highest BCUT2D eigenvalue weighted by Crippen LogP contribution is 2.51. The van der Waals surface area contributed by atoms with E-state index in [1.807, 2.05) is 6.92 Å². The Morgan fingerprint density at radius 3 is 2.27 bits per heavy atom. The largest absolute Gasteiger partial charge is 0.507 e. The average Bonchev–Trinajstić information content (AvgIpc) is 2.93.